The number of carbonyl (C=O) groups is 1. The molecule has 0 saturated carbocycles. The monoisotopic (exact) mass is 415 g/mol. The molecule has 0 saturated heterocycles. The molecule has 130 valence electrons. The fraction of sp³-hybridized carbons (Fsp3) is 0.333. The van der Waals surface area contributed by atoms with Crippen LogP contribution in [0.5, 0.6) is 0 Å². The normalized spacial score (nSPS) is 11.7. The number of hydrogen-bond donors (Lipinski definition) is 0. The van der Waals surface area contributed by atoms with Crippen LogP contribution in [-0.4, -0.2) is 49.3 Å². The molecule has 0 fully saturated rings. The maximum Gasteiger partial charge on any atom is 0.243 e. The fourth-order valence-electron chi connectivity index (χ4n) is 2.01. The van der Waals surface area contributed by atoms with Gasteiger partial charge in [-0.1, -0.05) is 21.1 Å². The van der Waals surface area contributed by atoms with Crippen molar-refractivity contribution in [1.29, 1.82) is 0 Å². The van der Waals surface area contributed by atoms with Crippen molar-refractivity contribution in [2.45, 2.75) is 18.4 Å². The molecule has 2 rings (SSSR count). The van der Waals surface area contributed by atoms with Crippen molar-refractivity contribution < 1.29 is 17.7 Å². The minimum Gasteiger partial charge on any atom is -0.361 e. The van der Waals surface area contributed by atoms with E-state index in [4.69, 9.17) is 4.52 Å². The molecule has 0 bridgehead atoms. The number of amides is 1. The number of rotatable bonds is 6. The summed E-state index contributed by atoms with van der Waals surface area (Å²) in [6.45, 7) is 1.75. The van der Waals surface area contributed by atoms with Crippen LogP contribution in [0.4, 0.5) is 0 Å². The Morgan fingerprint density at radius 2 is 1.88 bits per heavy atom. The number of benzene rings is 1. The van der Waals surface area contributed by atoms with E-state index in [1.165, 1.54) is 24.1 Å². The SMILES string of the molecule is Cc1cc(CN(C)C(=O)CN(C)S(=O)(=O)c2ccc(Br)cc2)no1. The zero-order chi connectivity index (χ0) is 17.9. The number of hydrogen-bond acceptors (Lipinski definition) is 5. The summed E-state index contributed by atoms with van der Waals surface area (Å²) in [6, 6.07) is 7.99. The predicted molar refractivity (Wildman–Crippen MR) is 91.7 cm³/mol. The first kappa shape index (κ1) is 18.6. The number of nitrogens with zero attached hydrogens (tertiary/aromatic N) is 3. The lowest BCUT2D eigenvalue weighted by Gasteiger charge is -2.21. The van der Waals surface area contributed by atoms with Crippen LogP contribution in [0.25, 0.3) is 0 Å². The van der Waals surface area contributed by atoms with Crippen LogP contribution in [0.1, 0.15) is 11.5 Å². The molecule has 0 spiro atoms. The first-order chi connectivity index (χ1) is 11.2. The van der Waals surface area contributed by atoms with E-state index >= 15 is 0 Å². The third-order valence-corrected chi connectivity index (χ3v) is 5.73. The molecular formula is C15H18BrN3O4S. The Bertz CT molecular complexity index is 817. The average molecular weight is 416 g/mol. The van der Waals surface area contributed by atoms with Crippen molar-refractivity contribution in [3.63, 3.8) is 0 Å². The first-order valence-corrected chi connectivity index (χ1v) is 9.31. The van der Waals surface area contributed by atoms with Crippen molar-refractivity contribution in [2.75, 3.05) is 20.6 Å². The molecule has 0 atom stereocenters. The van der Waals surface area contributed by atoms with Crippen LogP contribution in [0.2, 0.25) is 0 Å². The molecule has 1 heterocycles. The molecular weight excluding hydrogens is 398 g/mol. The van der Waals surface area contributed by atoms with Gasteiger partial charge in [0.15, 0.2) is 0 Å². The van der Waals surface area contributed by atoms with Crippen LogP contribution in [-0.2, 0) is 21.4 Å². The molecule has 2 aromatic rings. The first-order valence-electron chi connectivity index (χ1n) is 7.08. The molecule has 0 aliphatic carbocycles. The number of aromatic nitrogens is 1. The minimum atomic E-state index is -3.72. The Morgan fingerprint density at radius 3 is 2.42 bits per heavy atom. The Balaban J connectivity index is 2.03. The van der Waals surface area contributed by atoms with E-state index in [1.807, 2.05) is 0 Å². The van der Waals surface area contributed by atoms with Crippen LogP contribution < -0.4 is 0 Å². The zero-order valence-corrected chi connectivity index (χ0v) is 16.0. The van der Waals surface area contributed by atoms with Gasteiger partial charge in [-0.15, -0.1) is 0 Å². The molecule has 1 aromatic carbocycles. The highest BCUT2D eigenvalue weighted by Gasteiger charge is 2.24. The zero-order valence-electron chi connectivity index (χ0n) is 13.6. The van der Waals surface area contributed by atoms with Gasteiger partial charge < -0.3 is 9.42 Å². The molecule has 1 amide bonds. The third kappa shape index (κ3) is 4.43. The molecule has 0 N–H and O–H groups in total. The lowest BCUT2D eigenvalue weighted by atomic mass is 10.3. The molecule has 0 radical (unpaired) electrons. The third-order valence-electron chi connectivity index (χ3n) is 3.38. The van der Waals surface area contributed by atoms with E-state index < -0.39 is 10.0 Å². The van der Waals surface area contributed by atoms with Gasteiger partial charge in [-0.3, -0.25) is 4.79 Å². The summed E-state index contributed by atoms with van der Waals surface area (Å²) in [6.07, 6.45) is 0. The van der Waals surface area contributed by atoms with Crippen molar-refractivity contribution in [2.24, 2.45) is 0 Å². The second-order valence-corrected chi connectivity index (χ2v) is 8.35. The summed E-state index contributed by atoms with van der Waals surface area (Å²) in [5, 5.41) is 3.82. The van der Waals surface area contributed by atoms with E-state index in [0.29, 0.717) is 11.5 Å². The standard InChI is InChI=1S/C15H18BrN3O4S/c1-11-8-13(17-23-11)9-18(2)15(20)10-19(3)24(21,22)14-6-4-12(16)5-7-14/h4-8H,9-10H2,1-3H3. The second kappa shape index (κ2) is 7.45. The van der Waals surface area contributed by atoms with Gasteiger partial charge in [0.25, 0.3) is 0 Å². The van der Waals surface area contributed by atoms with Crippen molar-refractivity contribution in [3.05, 3.63) is 46.3 Å². The summed E-state index contributed by atoms with van der Waals surface area (Å²) < 4.78 is 31.7. The molecule has 0 unspecified atom stereocenters. The van der Waals surface area contributed by atoms with Gasteiger partial charge >= 0.3 is 0 Å². The molecule has 0 aliphatic heterocycles. The maximum atomic E-state index is 12.5. The smallest absolute Gasteiger partial charge is 0.243 e. The maximum absolute atomic E-state index is 12.5. The fourth-order valence-corrected chi connectivity index (χ4v) is 3.39. The van der Waals surface area contributed by atoms with E-state index in [-0.39, 0.29) is 23.9 Å². The quantitative estimate of drug-likeness (QED) is 0.720. The van der Waals surface area contributed by atoms with E-state index in [0.717, 1.165) is 8.78 Å². The van der Waals surface area contributed by atoms with Gasteiger partial charge in [0, 0.05) is 24.6 Å². The topological polar surface area (TPSA) is 83.7 Å². The van der Waals surface area contributed by atoms with Crippen molar-refractivity contribution >= 4 is 31.9 Å². The highest BCUT2D eigenvalue weighted by atomic mass is 79.9. The van der Waals surface area contributed by atoms with E-state index in [9.17, 15) is 13.2 Å². The number of likely N-dealkylation sites (N-methyl/N-ethyl adjacent to an activating group) is 2. The van der Waals surface area contributed by atoms with Gasteiger partial charge in [-0.05, 0) is 31.2 Å². The number of sulfonamides is 1. The number of carbonyl (C=O) groups excluding carboxylic acids is 1. The van der Waals surface area contributed by atoms with Crippen LogP contribution in [0, 0.1) is 6.92 Å². The van der Waals surface area contributed by atoms with Crippen LogP contribution >= 0.6 is 15.9 Å². The van der Waals surface area contributed by atoms with Crippen LogP contribution in [0.3, 0.4) is 0 Å². The largest absolute Gasteiger partial charge is 0.361 e. The highest BCUT2D eigenvalue weighted by molar-refractivity contribution is 9.10. The Morgan fingerprint density at radius 1 is 1.25 bits per heavy atom. The van der Waals surface area contributed by atoms with Crippen molar-refractivity contribution in [1.82, 2.24) is 14.4 Å². The molecule has 1 aromatic heterocycles. The highest BCUT2D eigenvalue weighted by Crippen LogP contribution is 2.18. The second-order valence-electron chi connectivity index (χ2n) is 5.39. The van der Waals surface area contributed by atoms with Gasteiger partial charge in [0.1, 0.15) is 11.5 Å². The Labute approximate surface area is 149 Å². The molecule has 0 aliphatic rings. The predicted octanol–water partition coefficient (Wildman–Crippen LogP) is 2.02. The van der Waals surface area contributed by atoms with E-state index in [2.05, 4.69) is 21.1 Å². The summed E-state index contributed by atoms with van der Waals surface area (Å²) in [5.41, 5.74) is 0.613. The number of aryl methyl sites for hydroxylation is 1. The minimum absolute atomic E-state index is 0.135. The summed E-state index contributed by atoms with van der Waals surface area (Å²) in [5.74, 6) is 0.319. The van der Waals surface area contributed by atoms with Gasteiger partial charge in [-0.25, -0.2) is 8.42 Å². The van der Waals surface area contributed by atoms with Crippen LogP contribution in [0.15, 0.2) is 44.2 Å². The van der Waals surface area contributed by atoms with Gasteiger partial charge in [0.05, 0.1) is 18.0 Å². The summed E-state index contributed by atoms with van der Waals surface area (Å²) in [4.78, 5) is 13.8. The van der Waals surface area contributed by atoms with Crippen molar-refractivity contribution in [3.8, 4) is 0 Å². The molecule has 9 heteroatoms. The molecule has 7 nitrogen and oxygen atoms in total. The van der Waals surface area contributed by atoms with Gasteiger partial charge in [-0.2, -0.15) is 4.31 Å². The summed E-state index contributed by atoms with van der Waals surface area (Å²) in [7, 11) is -0.754. The molecule has 24 heavy (non-hydrogen) atoms. The Kier molecular flexibility index (Phi) is 5.79. The van der Waals surface area contributed by atoms with E-state index in [1.54, 1.807) is 32.2 Å². The van der Waals surface area contributed by atoms with Gasteiger partial charge in [0.2, 0.25) is 15.9 Å². The lowest BCUT2D eigenvalue weighted by molar-refractivity contribution is -0.130. The Hall–Kier alpha value is -1.71. The summed E-state index contributed by atoms with van der Waals surface area (Å²) >= 11 is 3.26. The average Bonchev–Trinajstić information content (AvgIpc) is 2.92. The number of halogens is 1. The lowest BCUT2D eigenvalue weighted by Crippen LogP contribution is -2.39.